The van der Waals surface area contributed by atoms with Gasteiger partial charge >= 0.3 is 0 Å². The van der Waals surface area contributed by atoms with Gasteiger partial charge in [0.2, 0.25) is 0 Å². The van der Waals surface area contributed by atoms with Crippen molar-refractivity contribution in [2.75, 3.05) is 11.9 Å². The lowest BCUT2D eigenvalue weighted by molar-refractivity contribution is 0.0955. The Morgan fingerprint density at radius 1 is 1.33 bits per heavy atom. The first-order valence-electron chi connectivity index (χ1n) is 8.73. The number of allylic oxidation sites excluding steroid dienone is 1. The van der Waals surface area contributed by atoms with Crippen molar-refractivity contribution in [3.63, 3.8) is 0 Å². The standard InChI is InChI=1S/C21H23ClN4O/c1-13-9-18-17(14(2)11-21(3,4)26(18)5)10-15(13)12-24-25-20(27)16-7-6-8-23-19(16)22/h6-12H,1-5H3,(H,25,27)/b24-12-. The molecule has 0 fully saturated rings. The summed E-state index contributed by atoms with van der Waals surface area (Å²) in [6.07, 6.45) is 5.45. The number of hydrazone groups is 1. The van der Waals surface area contributed by atoms with E-state index in [1.807, 2.05) is 6.92 Å². The van der Waals surface area contributed by atoms with E-state index in [-0.39, 0.29) is 10.7 Å². The van der Waals surface area contributed by atoms with E-state index in [1.165, 1.54) is 23.0 Å². The van der Waals surface area contributed by atoms with E-state index in [4.69, 9.17) is 11.6 Å². The molecule has 1 amide bonds. The molecule has 1 aromatic heterocycles. The minimum atomic E-state index is -0.391. The van der Waals surface area contributed by atoms with Crippen LogP contribution in [0.25, 0.3) is 5.57 Å². The van der Waals surface area contributed by atoms with E-state index in [0.717, 1.165) is 11.1 Å². The molecule has 3 rings (SSSR count). The summed E-state index contributed by atoms with van der Waals surface area (Å²) in [5, 5.41) is 4.25. The first-order chi connectivity index (χ1) is 12.7. The van der Waals surface area contributed by atoms with Gasteiger partial charge in [0.25, 0.3) is 5.91 Å². The number of rotatable bonds is 3. The zero-order valence-corrected chi connectivity index (χ0v) is 16.9. The fourth-order valence-corrected chi connectivity index (χ4v) is 3.44. The third-order valence-electron chi connectivity index (χ3n) is 4.98. The Morgan fingerprint density at radius 3 is 2.78 bits per heavy atom. The molecule has 1 aliphatic rings. The Morgan fingerprint density at radius 2 is 2.07 bits per heavy atom. The lowest BCUT2D eigenvalue weighted by Crippen LogP contribution is -2.42. The van der Waals surface area contributed by atoms with Crippen molar-refractivity contribution >= 4 is 35.0 Å². The highest BCUT2D eigenvalue weighted by atomic mass is 35.5. The van der Waals surface area contributed by atoms with Crippen molar-refractivity contribution in [1.82, 2.24) is 10.4 Å². The van der Waals surface area contributed by atoms with Gasteiger partial charge in [0.1, 0.15) is 5.15 Å². The van der Waals surface area contributed by atoms with Crippen LogP contribution in [0.3, 0.4) is 0 Å². The van der Waals surface area contributed by atoms with Gasteiger partial charge in [-0.25, -0.2) is 10.4 Å². The highest BCUT2D eigenvalue weighted by Gasteiger charge is 2.28. The summed E-state index contributed by atoms with van der Waals surface area (Å²) in [4.78, 5) is 18.3. The summed E-state index contributed by atoms with van der Waals surface area (Å²) in [7, 11) is 2.10. The van der Waals surface area contributed by atoms with Crippen molar-refractivity contribution in [3.05, 3.63) is 63.9 Å². The number of halogens is 1. The molecule has 0 bridgehead atoms. The SMILES string of the molecule is CC1=CC(C)(C)N(C)c2cc(C)c(/C=N\NC(=O)c3cccnc3Cl)cc21. The van der Waals surface area contributed by atoms with Crippen molar-refractivity contribution in [1.29, 1.82) is 0 Å². The molecular formula is C21H23ClN4O. The molecule has 6 heteroatoms. The lowest BCUT2D eigenvalue weighted by atomic mass is 9.87. The van der Waals surface area contributed by atoms with Crippen LogP contribution in [0.2, 0.25) is 5.15 Å². The van der Waals surface area contributed by atoms with Crippen LogP contribution in [-0.2, 0) is 0 Å². The van der Waals surface area contributed by atoms with Gasteiger partial charge in [0, 0.05) is 24.5 Å². The van der Waals surface area contributed by atoms with Crippen LogP contribution in [0.15, 0.2) is 41.6 Å². The van der Waals surface area contributed by atoms with Gasteiger partial charge in [0.05, 0.1) is 17.3 Å². The predicted molar refractivity (Wildman–Crippen MR) is 112 cm³/mol. The molecule has 140 valence electrons. The summed E-state index contributed by atoms with van der Waals surface area (Å²) < 4.78 is 0. The number of nitrogens with zero attached hydrogens (tertiary/aromatic N) is 3. The van der Waals surface area contributed by atoms with Crippen LogP contribution in [-0.4, -0.2) is 29.7 Å². The molecule has 1 aliphatic heterocycles. The molecule has 2 heterocycles. The zero-order chi connectivity index (χ0) is 19.8. The molecule has 5 nitrogen and oxygen atoms in total. The molecular weight excluding hydrogens is 360 g/mol. The third-order valence-corrected chi connectivity index (χ3v) is 5.28. The molecule has 1 aromatic carbocycles. The number of likely N-dealkylation sites (N-methyl/N-ethyl adjacent to an activating group) is 1. The van der Waals surface area contributed by atoms with Gasteiger partial charge in [-0.3, -0.25) is 4.79 Å². The fraction of sp³-hybridized carbons (Fsp3) is 0.286. The topological polar surface area (TPSA) is 57.6 Å². The molecule has 0 spiro atoms. The second-order valence-corrected chi connectivity index (χ2v) is 7.66. The number of amides is 1. The first-order valence-corrected chi connectivity index (χ1v) is 9.11. The summed E-state index contributed by atoms with van der Waals surface area (Å²) in [5.74, 6) is -0.391. The number of carbonyl (C=O) groups is 1. The second-order valence-electron chi connectivity index (χ2n) is 7.31. The number of aryl methyl sites for hydroxylation is 1. The van der Waals surface area contributed by atoms with Crippen LogP contribution < -0.4 is 10.3 Å². The number of anilines is 1. The number of benzene rings is 1. The maximum atomic E-state index is 12.2. The number of carbonyl (C=O) groups excluding carboxylic acids is 1. The normalized spacial score (nSPS) is 15.5. The van der Waals surface area contributed by atoms with Crippen molar-refractivity contribution in [3.8, 4) is 0 Å². The van der Waals surface area contributed by atoms with E-state index >= 15 is 0 Å². The molecule has 0 atom stereocenters. The Hall–Kier alpha value is -2.66. The summed E-state index contributed by atoms with van der Waals surface area (Å²) in [5.41, 5.74) is 8.41. The van der Waals surface area contributed by atoms with Crippen molar-refractivity contribution in [2.45, 2.75) is 33.2 Å². The molecule has 0 aliphatic carbocycles. The molecule has 1 N–H and O–H groups in total. The number of nitrogens with one attached hydrogen (secondary N) is 1. The summed E-state index contributed by atoms with van der Waals surface area (Å²) in [6.45, 7) is 8.55. The number of aromatic nitrogens is 1. The van der Waals surface area contributed by atoms with Gasteiger partial charge < -0.3 is 4.90 Å². The summed E-state index contributed by atoms with van der Waals surface area (Å²) in [6, 6.07) is 7.53. The molecule has 0 radical (unpaired) electrons. The largest absolute Gasteiger partial charge is 0.365 e. The molecule has 0 unspecified atom stereocenters. The lowest BCUT2D eigenvalue weighted by Gasteiger charge is -2.41. The van der Waals surface area contributed by atoms with E-state index in [2.05, 4.69) is 66.4 Å². The predicted octanol–water partition coefficient (Wildman–Crippen LogP) is 4.44. The van der Waals surface area contributed by atoms with E-state index in [9.17, 15) is 4.79 Å². The fourth-order valence-electron chi connectivity index (χ4n) is 3.23. The Kier molecular flexibility index (Phi) is 5.07. The van der Waals surface area contributed by atoms with Crippen LogP contribution in [0.1, 0.15) is 47.8 Å². The van der Waals surface area contributed by atoms with Gasteiger partial charge in [-0.1, -0.05) is 17.7 Å². The highest BCUT2D eigenvalue weighted by Crippen LogP contribution is 2.38. The third kappa shape index (κ3) is 3.74. The Balaban J connectivity index is 1.85. The Labute approximate surface area is 164 Å². The molecule has 2 aromatic rings. The zero-order valence-electron chi connectivity index (χ0n) is 16.2. The first kappa shape index (κ1) is 19.1. The van der Waals surface area contributed by atoms with Crippen LogP contribution in [0.5, 0.6) is 0 Å². The van der Waals surface area contributed by atoms with Gasteiger partial charge in [-0.2, -0.15) is 5.10 Å². The Bertz CT molecular complexity index is 963. The summed E-state index contributed by atoms with van der Waals surface area (Å²) >= 11 is 5.94. The van der Waals surface area contributed by atoms with E-state index < -0.39 is 5.91 Å². The van der Waals surface area contributed by atoms with Gasteiger partial charge in [0.15, 0.2) is 0 Å². The second kappa shape index (κ2) is 7.16. The van der Waals surface area contributed by atoms with Crippen LogP contribution >= 0.6 is 11.6 Å². The molecule has 0 saturated carbocycles. The van der Waals surface area contributed by atoms with Gasteiger partial charge in [-0.05, 0) is 68.7 Å². The average Bonchev–Trinajstić information content (AvgIpc) is 2.60. The van der Waals surface area contributed by atoms with E-state index in [0.29, 0.717) is 5.56 Å². The van der Waals surface area contributed by atoms with Crippen LogP contribution in [0.4, 0.5) is 5.69 Å². The minimum Gasteiger partial charge on any atom is -0.365 e. The number of pyridine rings is 1. The smallest absolute Gasteiger partial charge is 0.274 e. The minimum absolute atomic E-state index is 0.0317. The van der Waals surface area contributed by atoms with E-state index in [1.54, 1.807) is 18.3 Å². The van der Waals surface area contributed by atoms with Crippen molar-refractivity contribution < 1.29 is 4.79 Å². The highest BCUT2D eigenvalue weighted by molar-refractivity contribution is 6.32. The number of fused-ring (bicyclic) bond motifs is 1. The molecule has 0 saturated heterocycles. The van der Waals surface area contributed by atoms with Crippen molar-refractivity contribution in [2.24, 2.45) is 5.10 Å². The average molecular weight is 383 g/mol. The maximum absolute atomic E-state index is 12.2. The van der Waals surface area contributed by atoms with Crippen LogP contribution in [0, 0.1) is 6.92 Å². The maximum Gasteiger partial charge on any atom is 0.274 e. The van der Waals surface area contributed by atoms with Gasteiger partial charge in [-0.15, -0.1) is 0 Å². The molecule has 27 heavy (non-hydrogen) atoms. The monoisotopic (exact) mass is 382 g/mol. The number of hydrogen-bond donors (Lipinski definition) is 1. The quantitative estimate of drug-likeness (QED) is 0.485. The number of hydrogen-bond acceptors (Lipinski definition) is 4.